The van der Waals surface area contributed by atoms with E-state index in [1.54, 1.807) is 52.9 Å². The van der Waals surface area contributed by atoms with Crippen molar-refractivity contribution in [2.75, 3.05) is 5.73 Å². The Morgan fingerprint density at radius 3 is 2.67 bits per heavy atom. The summed E-state index contributed by atoms with van der Waals surface area (Å²) in [5.74, 6) is -1.63. The first-order chi connectivity index (χ1) is 17.4. The summed E-state index contributed by atoms with van der Waals surface area (Å²) in [7, 11) is 1.78. The fourth-order valence-electron chi connectivity index (χ4n) is 4.27. The number of carbonyl (C=O) groups excluding carboxylic acids is 1. The molecule has 0 aliphatic heterocycles. The Kier molecular flexibility index (Phi) is 4.91. The zero-order valence-corrected chi connectivity index (χ0v) is 19.1. The summed E-state index contributed by atoms with van der Waals surface area (Å²) in [4.78, 5) is 23.3. The van der Waals surface area contributed by atoms with Gasteiger partial charge in [-0.2, -0.15) is 5.10 Å². The zero-order valence-electron chi connectivity index (χ0n) is 19.1. The topological polar surface area (TPSA) is 94.3 Å². The highest BCUT2D eigenvalue weighted by Gasteiger charge is 2.26. The molecule has 0 bridgehead atoms. The van der Waals surface area contributed by atoms with Crippen LogP contribution in [0.5, 0.6) is 0 Å². The van der Waals surface area contributed by atoms with Crippen molar-refractivity contribution < 1.29 is 13.6 Å². The van der Waals surface area contributed by atoms with Crippen molar-refractivity contribution in [3.8, 4) is 11.1 Å². The second kappa shape index (κ2) is 8.14. The molecule has 0 saturated carbocycles. The average molecular weight is 483 g/mol. The first-order valence-electron chi connectivity index (χ1n) is 11.1. The van der Waals surface area contributed by atoms with E-state index < -0.39 is 17.5 Å². The van der Waals surface area contributed by atoms with Gasteiger partial charge in [0.25, 0.3) is 5.91 Å². The summed E-state index contributed by atoms with van der Waals surface area (Å²) < 4.78 is 33.6. The van der Waals surface area contributed by atoms with Gasteiger partial charge in [0.2, 0.25) is 0 Å². The Morgan fingerprint density at radius 2 is 1.97 bits per heavy atom. The first-order valence-corrected chi connectivity index (χ1v) is 11.1. The van der Waals surface area contributed by atoms with E-state index in [-0.39, 0.29) is 17.9 Å². The molecule has 3 heterocycles. The molecule has 1 aliphatic rings. The average Bonchev–Trinajstić information content (AvgIpc) is 3.48. The van der Waals surface area contributed by atoms with Gasteiger partial charge in [0, 0.05) is 36.9 Å². The van der Waals surface area contributed by atoms with E-state index in [0.717, 1.165) is 5.56 Å². The molecule has 0 radical (unpaired) electrons. The lowest BCUT2D eigenvalue weighted by molar-refractivity contribution is 0.0786. The van der Waals surface area contributed by atoms with E-state index in [1.807, 2.05) is 0 Å². The molecule has 0 atom stereocenters. The van der Waals surface area contributed by atoms with E-state index in [9.17, 15) is 4.79 Å². The minimum absolute atomic E-state index is 0.0773. The second-order valence-electron chi connectivity index (χ2n) is 8.57. The molecule has 1 amide bonds. The number of carbonyl (C=O) groups is 1. The maximum atomic E-state index is 15.2. The number of halogens is 2. The van der Waals surface area contributed by atoms with E-state index in [0.29, 0.717) is 39.8 Å². The summed E-state index contributed by atoms with van der Waals surface area (Å²) in [5.41, 5.74) is 12.4. The quantitative estimate of drug-likeness (QED) is 0.378. The van der Waals surface area contributed by atoms with Crippen LogP contribution in [0.3, 0.4) is 0 Å². The van der Waals surface area contributed by atoms with Crippen molar-refractivity contribution in [1.82, 2.24) is 29.0 Å². The monoisotopic (exact) mass is 483 g/mol. The van der Waals surface area contributed by atoms with Crippen molar-refractivity contribution >= 4 is 28.3 Å². The van der Waals surface area contributed by atoms with Gasteiger partial charge in [-0.1, -0.05) is 12.1 Å². The molecule has 6 rings (SSSR count). The van der Waals surface area contributed by atoms with E-state index in [2.05, 4.69) is 20.8 Å². The Hall–Kier alpha value is -4.82. The Labute approximate surface area is 203 Å². The normalized spacial score (nSPS) is 12.7. The van der Waals surface area contributed by atoms with Gasteiger partial charge in [0.05, 0.1) is 47.6 Å². The molecule has 0 saturated heterocycles. The number of amides is 1. The number of nitrogens with zero attached hydrogens (tertiary/aromatic N) is 6. The van der Waals surface area contributed by atoms with Crippen LogP contribution in [-0.2, 0) is 13.6 Å². The summed E-state index contributed by atoms with van der Waals surface area (Å²) in [6, 6.07) is 7.39. The minimum atomic E-state index is -0.750. The molecule has 178 valence electrons. The molecule has 8 nitrogen and oxygen atoms in total. The SMILES string of the molecule is Cn1cc(-c2ccc(CN(C(=O)c3cc4c(cc3F)nc(N)c3cncn34)C3=C=CC3)c(F)c2)cn1. The minimum Gasteiger partial charge on any atom is -0.382 e. The number of anilines is 1. The third-order valence-corrected chi connectivity index (χ3v) is 6.25. The largest absolute Gasteiger partial charge is 0.382 e. The van der Waals surface area contributed by atoms with Crippen LogP contribution in [-0.4, -0.2) is 35.0 Å². The standard InChI is InChI=1S/C26H19F2N7O/c1-33-12-17(10-31-33)15-5-6-16(20(27)7-15)13-34(18-3-2-4-18)26(36)19-8-23-22(9-21(19)28)32-25(29)24-11-30-14-35(23)24/h2,5-12,14H,3,13H2,1H3,(H2,29,32). The van der Waals surface area contributed by atoms with Crippen LogP contribution in [0.2, 0.25) is 0 Å². The molecule has 0 spiro atoms. The molecule has 2 N–H and O–H groups in total. The van der Waals surface area contributed by atoms with Gasteiger partial charge in [-0.3, -0.25) is 13.9 Å². The highest BCUT2D eigenvalue weighted by molar-refractivity contribution is 5.99. The number of nitrogen functional groups attached to an aromatic ring is 1. The number of aromatic nitrogens is 5. The number of nitrogens with two attached hydrogens (primary N) is 1. The van der Waals surface area contributed by atoms with E-state index in [4.69, 9.17) is 5.73 Å². The third kappa shape index (κ3) is 3.52. The van der Waals surface area contributed by atoms with Crippen LogP contribution < -0.4 is 5.73 Å². The highest BCUT2D eigenvalue weighted by Crippen LogP contribution is 2.28. The van der Waals surface area contributed by atoms with Crippen molar-refractivity contribution in [2.24, 2.45) is 7.05 Å². The molecule has 3 aromatic heterocycles. The molecule has 36 heavy (non-hydrogen) atoms. The van der Waals surface area contributed by atoms with Crippen molar-refractivity contribution in [1.29, 1.82) is 0 Å². The summed E-state index contributed by atoms with van der Waals surface area (Å²) in [6.45, 7) is -0.0773. The molecule has 10 heteroatoms. The lowest BCUT2D eigenvalue weighted by Crippen LogP contribution is -2.32. The lowest BCUT2D eigenvalue weighted by atomic mass is 10.0. The summed E-state index contributed by atoms with van der Waals surface area (Å²) >= 11 is 0. The third-order valence-electron chi connectivity index (χ3n) is 6.25. The van der Waals surface area contributed by atoms with Crippen LogP contribution in [0, 0.1) is 11.6 Å². The van der Waals surface area contributed by atoms with Crippen LogP contribution in [0.4, 0.5) is 14.6 Å². The molecule has 2 aromatic carbocycles. The lowest BCUT2D eigenvalue weighted by Gasteiger charge is -2.26. The number of hydrogen-bond acceptors (Lipinski definition) is 5. The van der Waals surface area contributed by atoms with Crippen molar-refractivity contribution in [3.05, 3.63) is 95.5 Å². The van der Waals surface area contributed by atoms with Gasteiger partial charge in [-0.25, -0.2) is 18.7 Å². The Balaban J connectivity index is 1.38. The van der Waals surface area contributed by atoms with Gasteiger partial charge >= 0.3 is 0 Å². The van der Waals surface area contributed by atoms with Crippen molar-refractivity contribution in [2.45, 2.75) is 13.0 Å². The van der Waals surface area contributed by atoms with Gasteiger partial charge in [0.1, 0.15) is 23.0 Å². The molecule has 1 aliphatic carbocycles. The molecular weight excluding hydrogens is 464 g/mol. The van der Waals surface area contributed by atoms with Crippen LogP contribution in [0.1, 0.15) is 22.3 Å². The van der Waals surface area contributed by atoms with Crippen molar-refractivity contribution in [3.63, 3.8) is 0 Å². The Morgan fingerprint density at radius 1 is 1.14 bits per heavy atom. The maximum absolute atomic E-state index is 15.2. The van der Waals surface area contributed by atoms with Crippen LogP contribution in [0.15, 0.2) is 72.8 Å². The molecule has 0 unspecified atom stereocenters. The van der Waals surface area contributed by atoms with Crippen LogP contribution in [0.25, 0.3) is 27.7 Å². The molecular formula is C26H19F2N7O. The highest BCUT2D eigenvalue weighted by atomic mass is 19.1. The number of hydrogen-bond donors (Lipinski definition) is 1. The number of fused-ring (bicyclic) bond motifs is 3. The summed E-state index contributed by atoms with van der Waals surface area (Å²) in [5, 5.41) is 4.12. The predicted octanol–water partition coefficient (Wildman–Crippen LogP) is 4.23. The predicted molar refractivity (Wildman–Crippen MR) is 130 cm³/mol. The van der Waals surface area contributed by atoms with Crippen LogP contribution >= 0.6 is 0 Å². The number of imidazole rings is 1. The molecule has 5 aromatic rings. The maximum Gasteiger partial charge on any atom is 0.261 e. The summed E-state index contributed by atoms with van der Waals surface area (Å²) in [6.07, 6.45) is 8.74. The zero-order chi connectivity index (χ0) is 25.0. The van der Waals surface area contributed by atoms with Gasteiger partial charge in [-0.05, 0) is 23.8 Å². The first kappa shape index (κ1) is 21.7. The number of aryl methyl sites for hydroxylation is 1. The van der Waals surface area contributed by atoms with E-state index >= 15 is 8.78 Å². The van der Waals surface area contributed by atoms with Gasteiger partial charge in [-0.15, -0.1) is 5.73 Å². The fraction of sp³-hybridized carbons (Fsp3) is 0.115. The number of rotatable bonds is 5. The van der Waals surface area contributed by atoms with Gasteiger partial charge < -0.3 is 10.6 Å². The smallest absolute Gasteiger partial charge is 0.261 e. The van der Waals surface area contributed by atoms with E-state index in [1.165, 1.54) is 29.4 Å². The second-order valence-corrected chi connectivity index (χ2v) is 8.57. The van der Waals surface area contributed by atoms with Gasteiger partial charge in [0.15, 0.2) is 0 Å². The molecule has 0 fully saturated rings. The number of benzene rings is 2. The Bertz CT molecular complexity index is 1760. The fourth-order valence-corrected chi connectivity index (χ4v) is 4.27.